The van der Waals surface area contributed by atoms with E-state index in [4.69, 9.17) is 5.11 Å². The van der Waals surface area contributed by atoms with Gasteiger partial charge < -0.3 is 5.11 Å². The number of halogens is 1. The monoisotopic (exact) mass is 206 g/mol. The summed E-state index contributed by atoms with van der Waals surface area (Å²) in [5.41, 5.74) is 2.04. The van der Waals surface area contributed by atoms with Gasteiger partial charge in [0, 0.05) is 24.4 Å². The van der Waals surface area contributed by atoms with E-state index in [0.717, 1.165) is 11.3 Å². The van der Waals surface area contributed by atoms with E-state index < -0.39 is 0 Å². The topological polar surface area (TPSA) is 38.0 Å². The molecule has 78 valence electrons. The first-order valence-corrected chi connectivity index (χ1v) is 4.60. The smallest absolute Gasteiger partial charge is 0.128 e. The van der Waals surface area contributed by atoms with Crippen LogP contribution in [0.4, 0.5) is 4.39 Å². The number of nitrogens with zero attached hydrogens (tertiary/aromatic N) is 2. The quantitative estimate of drug-likeness (QED) is 0.812. The molecular formula is C11H11FN2O. The van der Waals surface area contributed by atoms with Gasteiger partial charge in [-0.15, -0.1) is 0 Å². The number of aliphatic hydroxyl groups excluding tert-OH is 1. The maximum absolute atomic E-state index is 13.1. The Labute approximate surface area is 86.8 Å². The maximum atomic E-state index is 13.1. The lowest BCUT2D eigenvalue weighted by Crippen LogP contribution is -1.95. The van der Waals surface area contributed by atoms with Crippen LogP contribution in [0, 0.1) is 5.82 Å². The Morgan fingerprint density at radius 1 is 1.40 bits per heavy atom. The molecule has 0 amide bonds. The third-order valence-electron chi connectivity index (χ3n) is 2.33. The highest BCUT2D eigenvalue weighted by molar-refractivity contribution is 5.60. The Morgan fingerprint density at radius 3 is 2.80 bits per heavy atom. The molecule has 3 nitrogen and oxygen atoms in total. The van der Waals surface area contributed by atoms with Gasteiger partial charge in [-0.1, -0.05) is 0 Å². The second kappa shape index (κ2) is 3.82. The van der Waals surface area contributed by atoms with E-state index >= 15 is 0 Å². The highest BCUT2D eigenvalue weighted by atomic mass is 19.1. The van der Waals surface area contributed by atoms with Crippen molar-refractivity contribution in [2.24, 2.45) is 7.05 Å². The summed E-state index contributed by atoms with van der Waals surface area (Å²) in [7, 11) is 1.82. The molecule has 1 N–H and O–H groups in total. The number of aromatic nitrogens is 2. The zero-order valence-electron chi connectivity index (χ0n) is 8.31. The molecule has 0 aliphatic rings. The van der Waals surface area contributed by atoms with Gasteiger partial charge in [0.25, 0.3) is 0 Å². The first kappa shape index (κ1) is 9.86. The zero-order valence-corrected chi connectivity index (χ0v) is 8.31. The molecule has 4 heteroatoms. The molecule has 0 radical (unpaired) electrons. The van der Waals surface area contributed by atoms with Crippen LogP contribution in [0.3, 0.4) is 0 Å². The van der Waals surface area contributed by atoms with E-state index in [1.807, 2.05) is 13.1 Å². The van der Waals surface area contributed by atoms with Gasteiger partial charge in [0.05, 0.1) is 12.3 Å². The zero-order chi connectivity index (χ0) is 10.8. The summed E-state index contributed by atoms with van der Waals surface area (Å²) >= 11 is 0. The highest BCUT2D eigenvalue weighted by Gasteiger charge is 2.06. The number of aryl methyl sites for hydroxylation is 1. The van der Waals surface area contributed by atoms with Crippen LogP contribution in [0.1, 0.15) is 5.56 Å². The van der Waals surface area contributed by atoms with Crippen LogP contribution < -0.4 is 0 Å². The molecule has 0 spiro atoms. The number of benzene rings is 1. The summed E-state index contributed by atoms with van der Waals surface area (Å²) in [5.74, 6) is -0.386. The molecule has 1 aromatic carbocycles. The van der Waals surface area contributed by atoms with Gasteiger partial charge in [0.1, 0.15) is 5.82 Å². The minimum absolute atomic E-state index is 0.294. The van der Waals surface area contributed by atoms with Gasteiger partial charge in [-0.3, -0.25) is 4.68 Å². The van der Waals surface area contributed by atoms with E-state index in [1.165, 1.54) is 6.07 Å². The fourth-order valence-corrected chi connectivity index (χ4v) is 1.51. The molecule has 2 rings (SSSR count). The second-order valence-electron chi connectivity index (χ2n) is 3.30. The largest absolute Gasteiger partial charge is 0.392 e. The van der Waals surface area contributed by atoms with E-state index in [9.17, 15) is 4.39 Å². The third kappa shape index (κ3) is 1.76. The predicted octanol–water partition coefficient (Wildman–Crippen LogP) is 1.72. The predicted molar refractivity (Wildman–Crippen MR) is 54.5 cm³/mol. The number of hydrogen-bond donors (Lipinski definition) is 1. The van der Waals surface area contributed by atoms with E-state index in [2.05, 4.69) is 5.10 Å². The van der Waals surface area contributed by atoms with Crippen LogP contribution in [-0.4, -0.2) is 14.9 Å². The molecule has 0 aliphatic heterocycles. The average Bonchev–Trinajstić information content (AvgIpc) is 2.65. The van der Waals surface area contributed by atoms with E-state index in [1.54, 1.807) is 23.0 Å². The Balaban J connectivity index is 2.51. The summed E-state index contributed by atoms with van der Waals surface area (Å²) in [5, 5.41) is 13.0. The maximum Gasteiger partial charge on any atom is 0.128 e. The first-order chi connectivity index (χ1) is 7.22. The van der Waals surface area contributed by atoms with Crippen molar-refractivity contribution in [3.8, 4) is 11.3 Å². The molecule has 2 aromatic rings. The van der Waals surface area contributed by atoms with Gasteiger partial charge in [-0.05, 0) is 24.3 Å². The second-order valence-corrected chi connectivity index (χ2v) is 3.30. The Kier molecular flexibility index (Phi) is 2.51. The Bertz CT molecular complexity index is 479. The summed E-state index contributed by atoms with van der Waals surface area (Å²) in [4.78, 5) is 0. The van der Waals surface area contributed by atoms with Crippen molar-refractivity contribution in [3.05, 3.63) is 41.8 Å². The van der Waals surface area contributed by atoms with Crippen LogP contribution in [-0.2, 0) is 13.7 Å². The summed E-state index contributed by atoms with van der Waals surface area (Å²) < 4.78 is 14.8. The van der Waals surface area contributed by atoms with E-state index in [-0.39, 0.29) is 12.4 Å². The molecule has 0 aliphatic carbocycles. The molecule has 15 heavy (non-hydrogen) atoms. The van der Waals surface area contributed by atoms with Crippen LogP contribution >= 0.6 is 0 Å². The molecule has 0 saturated carbocycles. The third-order valence-corrected chi connectivity index (χ3v) is 2.33. The summed E-state index contributed by atoms with van der Waals surface area (Å²) in [6.07, 6.45) is 1.68. The standard InChI is InChI=1S/C11H11FN2O/c1-14-11(4-5-13-14)8-2-3-10(12)9(6-8)7-15/h2-6,15H,7H2,1H3. The first-order valence-electron chi connectivity index (χ1n) is 4.60. The molecule has 0 fully saturated rings. The molecule has 0 saturated heterocycles. The lowest BCUT2D eigenvalue weighted by atomic mass is 10.1. The molecule has 1 heterocycles. The van der Waals surface area contributed by atoms with Crippen molar-refractivity contribution in [1.82, 2.24) is 9.78 Å². The highest BCUT2D eigenvalue weighted by Crippen LogP contribution is 2.21. The SMILES string of the molecule is Cn1nccc1-c1ccc(F)c(CO)c1. The lowest BCUT2D eigenvalue weighted by Gasteiger charge is -2.05. The molecule has 1 aromatic heterocycles. The molecular weight excluding hydrogens is 195 g/mol. The van der Waals surface area contributed by atoms with Crippen molar-refractivity contribution in [3.63, 3.8) is 0 Å². The fraction of sp³-hybridized carbons (Fsp3) is 0.182. The van der Waals surface area contributed by atoms with Crippen LogP contribution in [0.25, 0.3) is 11.3 Å². The van der Waals surface area contributed by atoms with Gasteiger partial charge >= 0.3 is 0 Å². The van der Waals surface area contributed by atoms with E-state index in [0.29, 0.717) is 5.56 Å². The summed E-state index contributed by atoms with van der Waals surface area (Å²) in [6, 6.07) is 6.50. The van der Waals surface area contributed by atoms with Crippen molar-refractivity contribution < 1.29 is 9.50 Å². The van der Waals surface area contributed by atoms with Gasteiger partial charge in [0.2, 0.25) is 0 Å². The van der Waals surface area contributed by atoms with Crippen molar-refractivity contribution in [1.29, 1.82) is 0 Å². The van der Waals surface area contributed by atoms with Crippen LogP contribution in [0.2, 0.25) is 0 Å². The Hall–Kier alpha value is -1.68. The van der Waals surface area contributed by atoms with Crippen molar-refractivity contribution in [2.45, 2.75) is 6.61 Å². The Morgan fingerprint density at radius 2 is 2.20 bits per heavy atom. The lowest BCUT2D eigenvalue weighted by molar-refractivity contribution is 0.276. The molecule has 0 atom stereocenters. The van der Waals surface area contributed by atoms with Gasteiger partial charge in [0.15, 0.2) is 0 Å². The minimum atomic E-state index is -0.386. The van der Waals surface area contributed by atoms with Gasteiger partial charge in [-0.25, -0.2) is 4.39 Å². The number of rotatable bonds is 2. The van der Waals surface area contributed by atoms with Crippen molar-refractivity contribution in [2.75, 3.05) is 0 Å². The summed E-state index contributed by atoms with van der Waals surface area (Å²) in [6.45, 7) is -0.294. The normalized spacial score (nSPS) is 10.6. The van der Waals surface area contributed by atoms with Crippen molar-refractivity contribution >= 4 is 0 Å². The molecule has 0 unspecified atom stereocenters. The van der Waals surface area contributed by atoms with Crippen LogP contribution in [0.15, 0.2) is 30.5 Å². The molecule has 0 bridgehead atoms. The minimum Gasteiger partial charge on any atom is -0.392 e. The number of aliphatic hydroxyl groups is 1. The fourth-order valence-electron chi connectivity index (χ4n) is 1.51. The van der Waals surface area contributed by atoms with Gasteiger partial charge in [-0.2, -0.15) is 5.10 Å². The van der Waals surface area contributed by atoms with Crippen LogP contribution in [0.5, 0.6) is 0 Å². The average molecular weight is 206 g/mol. The number of hydrogen-bond acceptors (Lipinski definition) is 2.